The van der Waals surface area contributed by atoms with E-state index in [9.17, 15) is 4.39 Å². The van der Waals surface area contributed by atoms with Crippen molar-refractivity contribution in [3.8, 4) is 5.75 Å². The zero-order valence-electron chi connectivity index (χ0n) is 12.1. The van der Waals surface area contributed by atoms with Crippen LogP contribution in [-0.4, -0.2) is 6.10 Å². The third-order valence-corrected chi connectivity index (χ3v) is 3.01. The molecule has 0 spiro atoms. The fraction of sp³-hybridized carbons (Fsp3) is 0.294. The molecule has 0 bridgehead atoms. The van der Waals surface area contributed by atoms with E-state index in [2.05, 4.69) is 5.32 Å². The maximum Gasteiger partial charge on any atom is 0.123 e. The van der Waals surface area contributed by atoms with Gasteiger partial charge in [-0.3, -0.25) is 0 Å². The molecule has 1 N–H and O–H groups in total. The fourth-order valence-electron chi connectivity index (χ4n) is 1.98. The Morgan fingerprint density at radius 2 is 1.80 bits per heavy atom. The van der Waals surface area contributed by atoms with Crippen LogP contribution in [-0.2, 0) is 6.54 Å². The highest BCUT2D eigenvalue weighted by molar-refractivity contribution is 5.47. The number of rotatable bonds is 5. The van der Waals surface area contributed by atoms with E-state index in [0.29, 0.717) is 6.54 Å². The summed E-state index contributed by atoms with van der Waals surface area (Å²) in [7, 11) is 0. The van der Waals surface area contributed by atoms with Gasteiger partial charge in [0.25, 0.3) is 0 Å². The Bertz CT molecular complexity index is 564. The summed E-state index contributed by atoms with van der Waals surface area (Å²) in [5.41, 5.74) is 3.07. The second-order valence-corrected chi connectivity index (χ2v) is 5.12. The van der Waals surface area contributed by atoms with Gasteiger partial charge in [-0.1, -0.05) is 6.07 Å². The molecule has 0 fully saturated rings. The lowest BCUT2D eigenvalue weighted by Crippen LogP contribution is -2.05. The number of benzene rings is 2. The van der Waals surface area contributed by atoms with Gasteiger partial charge in [-0.15, -0.1) is 0 Å². The molecule has 0 aliphatic rings. The molecule has 106 valence electrons. The normalized spacial score (nSPS) is 10.7. The van der Waals surface area contributed by atoms with Crippen LogP contribution in [0.25, 0.3) is 0 Å². The van der Waals surface area contributed by atoms with Crippen LogP contribution >= 0.6 is 0 Å². The van der Waals surface area contributed by atoms with Crippen LogP contribution in [0.15, 0.2) is 42.5 Å². The molecule has 0 atom stereocenters. The molecular formula is C17H20FNO. The van der Waals surface area contributed by atoms with Crippen molar-refractivity contribution in [2.45, 2.75) is 33.4 Å². The molecule has 0 saturated heterocycles. The Kier molecular flexibility index (Phi) is 4.61. The van der Waals surface area contributed by atoms with E-state index in [0.717, 1.165) is 22.6 Å². The molecule has 0 unspecified atom stereocenters. The van der Waals surface area contributed by atoms with Gasteiger partial charge in [0.05, 0.1) is 6.10 Å². The van der Waals surface area contributed by atoms with Crippen LogP contribution < -0.4 is 10.1 Å². The van der Waals surface area contributed by atoms with E-state index in [1.807, 2.05) is 51.1 Å². The lowest BCUT2D eigenvalue weighted by molar-refractivity contribution is 0.242. The molecule has 2 aromatic rings. The van der Waals surface area contributed by atoms with Crippen molar-refractivity contribution < 1.29 is 9.13 Å². The van der Waals surface area contributed by atoms with E-state index in [1.54, 1.807) is 6.07 Å². The summed E-state index contributed by atoms with van der Waals surface area (Å²) in [6, 6.07) is 12.7. The zero-order chi connectivity index (χ0) is 14.5. The molecule has 2 nitrogen and oxygen atoms in total. The number of anilines is 1. The van der Waals surface area contributed by atoms with Gasteiger partial charge in [0.1, 0.15) is 11.6 Å². The predicted molar refractivity (Wildman–Crippen MR) is 80.7 cm³/mol. The summed E-state index contributed by atoms with van der Waals surface area (Å²) in [6.07, 6.45) is 0.177. The highest BCUT2D eigenvalue weighted by Crippen LogP contribution is 2.18. The van der Waals surface area contributed by atoms with E-state index in [-0.39, 0.29) is 11.9 Å². The van der Waals surface area contributed by atoms with Gasteiger partial charge < -0.3 is 10.1 Å². The highest BCUT2D eigenvalue weighted by Gasteiger charge is 2.01. The zero-order valence-corrected chi connectivity index (χ0v) is 12.1. The highest BCUT2D eigenvalue weighted by atomic mass is 19.1. The summed E-state index contributed by atoms with van der Waals surface area (Å²) >= 11 is 0. The van der Waals surface area contributed by atoms with Gasteiger partial charge in [-0.05, 0) is 68.3 Å². The average Bonchev–Trinajstić information content (AvgIpc) is 2.39. The third-order valence-electron chi connectivity index (χ3n) is 3.01. The molecule has 3 heteroatoms. The monoisotopic (exact) mass is 273 g/mol. The Morgan fingerprint density at radius 1 is 1.10 bits per heavy atom. The molecule has 0 aliphatic heterocycles. The molecular weight excluding hydrogens is 253 g/mol. The van der Waals surface area contributed by atoms with E-state index in [1.165, 1.54) is 6.07 Å². The maximum absolute atomic E-state index is 13.0. The van der Waals surface area contributed by atoms with E-state index in [4.69, 9.17) is 4.74 Å². The van der Waals surface area contributed by atoms with Gasteiger partial charge in [0, 0.05) is 12.2 Å². The number of hydrogen-bond donors (Lipinski definition) is 1. The first-order valence-electron chi connectivity index (χ1n) is 6.80. The van der Waals surface area contributed by atoms with Crippen LogP contribution in [0.5, 0.6) is 5.75 Å². The molecule has 0 heterocycles. The molecule has 0 aliphatic carbocycles. The summed E-state index contributed by atoms with van der Waals surface area (Å²) in [5.74, 6) is 0.671. The number of halogens is 1. The predicted octanol–water partition coefficient (Wildman–Crippen LogP) is 4.53. The average molecular weight is 273 g/mol. The number of ether oxygens (including phenoxy) is 1. The standard InChI is InChI=1S/C17H20FNO/c1-12(2)20-17-8-6-16(7-9-17)19-11-14-4-5-15(18)10-13(14)3/h4-10,12,19H,11H2,1-3H3. The lowest BCUT2D eigenvalue weighted by Gasteiger charge is -2.12. The van der Waals surface area contributed by atoms with Crippen LogP contribution in [0.4, 0.5) is 10.1 Å². The molecule has 0 aromatic heterocycles. The summed E-state index contributed by atoms with van der Waals surface area (Å²) in [4.78, 5) is 0. The van der Waals surface area contributed by atoms with Gasteiger partial charge in [-0.2, -0.15) is 0 Å². The van der Waals surface area contributed by atoms with Crippen LogP contribution in [0.2, 0.25) is 0 Å². The van der Waals surface area contributed by atoms with Gasteiger partial charge in [0.15, 0.2) is 0 Å². The molecule has 0 saturated carbocycles. The molecule has 2 aromatic carbocycles. The SMILES string of the molecule is Cc1cc(F)ccc1CNc1ccc(OC(C)C)cc1. The summed E-state index contributed by atoms with van der Waals surface area (Å²) in [6.45, 7) is 6.60. The van der Waals surface area contributed by atoms with Crippen molar-refractivity contribution in [2.75, 3.05) is 5.32 Å². The minimum absolute atomic E-state index is 0.177. The Labute approximate surface area is 119 Å². The molecule has 20 heavy (non-hydrogen) atoms. The van der Waals surface area contributed by atoms with Gasteiger partial charge in [0.2, 0.25) is 0 Å². The van der Waals surface area contributed by atoms with E-state index >= 15 is 0 Å². The van der Waals surface area contributed by atoms with Crippen molar-refractivity contribution in [1.82, 2.24) is 0 Å². The first-order chi connectivity index (χ1) is 9.54. The number of hydrogen-bond acceptors (Lipinski definition) is 2. The lowest BCUT2D eigenvalue weighted by atomic mass is 10.1. The van der Waals surface area contributed by atoms with Gasteiger partial charge >= 0.3 is 0 Å². The molecule has 2 rings (SSSR count). The topological polar surface area (TPSA) is 21.3 Å². The second-order valence-electron chi connectivity index (χ2n) is 5.12. The first-order valence-corrected chi connectivity index (χ1v) is 6.80. The second kappa shape index (κ2) is 6.42. The van der Waals surface area contributed by atoms with Crippen molar-refractivity contribution in [2.24, 2.45) is 0 Å². The Balaban J connectivity index is 1.96. The largest absolute Gasteiger partial charge is 0.491 e. The van der Waals surface area contributed by atoms with Crippen molar-refractivity contribution in [3.05, 3.63) is 59.4 Å². The minimum Gasteiger partial charge on any atom is -0.491 e. The molecule has 0 amide bonds. The van der Waals surface area contributed by atoms with Crippen molar-refractivity contribution in [3.63, 3.8) is 0 Å². The smallest absolute Gasteiger partial charge is 0.123 e. The van der Waals surface area contributed by atoms with Crippen LogP contribution in [0.1, 0.15) is 25.0 Å². The minimum atomic E-state index is -0.193. The molecule has 0 radical (unpaired) electrons. The fourth-order valence-corrected chi connectivity index (χ4v) is 1.98. The number of nitrogens with one attached hydrogen (secondary N) is 1. The Hall–Kier alpha value is -2.03. The first kappa shape index (κ1) is 14.4. The third kappa shape index (κ3) is 3.98. The van der Waals surface area contributed by atoms with Gasteiger partial charge in [-0.25, -0.2) is 4.39 Å². The van der Waals surface area contributed by atoms with Crippen LogP contribution in [0, 0.1) is 12.7 Å². The van der Waals surface area contributed by atoms with Crippen LogP contribution in [0.3, 0.4) is 0 Å². The van der Waals surface area contributed by atoms with Crippen molar-refractivity contribution >= 4 is 5.69 Å². The summed E-state index contributed by atoms with van der Waals surface area (Å²) in [5, 5.41) is 3.32. The quantitative estimate of drug-likeness (QED) is 0.864. The number of aryl methyl sites for hydroxylation is 1. The Morgan fingerprint density at radius 3 is 2.40 bits per heavy atom. The maximum atomic E-state index is 13.0. The van der Waals surface area contributed by atoms with E-state index < -0.39 is 0 Å². The van der Waals surface area contributed by atoms with Crippen molar-refractivity contribution in [1.29, 1.82) is 0 Å². The summed E-state index contributed by atoms with van der Waals surface area (Å²) < 4.78 is 18.6.